The second-order valence-electron chi connectivity index (χ2n) is 6.66. The lowest BCUT2D eigenvalue weighted by molar-refractivity contribution is -0.115. The van der Waals surface area contributed by atoms with Crippen LogP contribution in [0.5, 0.6) is 5.75 Å². The van der Waals surface area contributed by atoms with Crippen molar-refractivity contribution in [2.75, 3.05) is 17.7 Å². The summed E-state index contributed by atoms with van der Waals surface area (Å²) in [5, 5.41) is 5.54. The Bertz CT molecular complexity index is 991. The van der Waals surface area contributed by atoms with Crippen LogP contribution < -0.4 is 15.4 Å². The summed E-state index contributed by atoms with van der Waals surface area (Å²) in [6.07, 6.45) is 0. The third-order valence-corrected chi connectivity index (χ3v) is 5.70. The van der Waals surface area contributed by atoms with Gasteiger partial charge in [-0.3, -0.25) is 9.59 Å². The van der Waals surface area contributed by atoms with Crippen molar-refractivity contribution in [2.24, 2.45) is 0 Å². The van der Waals surface area contributed by atoms with Gasteiger partial charge in [0.05, 0.1) is 18.0 Å². The van der Waals surface area contributed by atoms with E-state index in [4.69, 9.17) is 4.74 Å². The van der Waals surface area contributed by atoms with Crippen molar-refractivity contribution in [3.05, 3.63) is 90.0 Å². The number of hydrogen-bond acceptors (Lipinski definition) is 4. The van der Waals surface area contributed by atoms with E-state index in [1.165, 1.54) is 5.56 Å². The maximum atomic E-state index is 12.5. The molecule has 0 heterocycles. The second-order valence-corrected chi connectivity index (χ2v) is 7.99. The van der Waals surface area contributed by atoms with E-state index < -0.39 is 0 Å². The highest BCUT2D eigenvalue weighted by molar-refractivity contribution is 7.99. The van der Waals surface area contributed by atoms with E-state index in [-0.39, 0.29) is 17.1 Å². The first-order valence-electron chi connectivity index (χ1n) is 9.57. The third kappa shape index (κ3) is 5.87. The van der Waals surface area contributed by atoms with Crippen LogP contribution in [0.1, 0.15) is 22.8 Å². The Morgan fingerprint density at radius 1 is 0.900 bits per heavy atom. The summed E-state index contributed by atoms with van der Waals surface area (Å²) in [5.74, 6) is 1.06. The Morgan fingerprint density at radius 3 is 2.27 bits per heavy atom. The summed E-state index contributed by atoms with van der Waals surface area (Å²) in [7, 11) is 1.56. The third-order valence-electron chi connectivity index (χ3n) is 4.48. The molecule has 0 aliphatic rings. The van der Waals surface area contributed by atoms with Crippen LogP contribution in [0.15, 0.2) is 78.9 Å². The molecular weight excluding hydrogens is 396 g/mol. The molecule has 0 aromatic heterocycles. The molecule has 0 bridgehead atoms. The summed E-state index contributed by atoms with van der Waals surface area (Å²) >= 11 is 1.58. The number of amides is 2. The van der Waals surface area contributed by atoms with Crippen molar-refractivity contribution < 1.29 is 14.3 Å². The molecule has 1 atom stereocenters. The van der Waals surface area contributed by atoms with E-state index in [1.54, 1.807) is 55.3 Å². The number of rotatable bonds is 8. The largest absolute Gasteiger partial charge is 0.495 e. The Balaban J connectivity index is 1.54. The molecule has 0 saturated carbocycles. The van der Waals surface area contributed by atoms with E-state index in [9.17, 15) is 9.59 Å². The van der Waals surface area contributed by atoms with Gasteiger partial charge in [-0.2, -0.15) is 0 Å². The van der Waals surface area contributed by atoms with E-state index in [0.717, 1.165) is 5.75 Å². The average Bonchev–Trinajstić information content (AvgIpc) is 2.79. The van der Waals surface area contributed by atoms with Gasteiger partial charge in [0, 0.05) is 17.0 Å². The molecule has 0 fully saturated rings. The van der Waals surface area contributed by atoms with Gasteiger partial charge in [-0.15, -0.1) is 11.8 Å². The Hall–Kier alpha value is -3.25. The molecule has 0 aliphatic carbocycles. The molecular formula is C24H24N2O3S. The van der Waals surface area contributed by atoms with Crippen molar-refractivity contribution in [3.8, 4) is 5.75 Å². The first-order valence-corrected chi connectivity index (χ1v) is 10.6. The molecule has 0 saturated heterocycles. The number of thioether (sulfide) groups is 1. The lowest BCUT2D eigenvalue weighted by Gasteiger charge is -2.13. The van der Waals surface area contributed by atoms with Crippen LogP contribution in [0.2, 0.25) is 0 Å². The summed E-state index contributed by atoms with van der Waals surface area (Å²) in [5.41, 5.74) is 2.94. The fourth-order valence-electron chi connectivity index (χ4n) is 2.76. The van der Waals surface area contributed by atoms with E-state index >= 15 is 0 Å². The zero-order valence-corrected chi connectivity index (χ0v) is 17.7. The molecule has 30 heavy (non-hydrogen) atoms. The molecule has 2 amide bonds. The lowest BCUT2D eigenvalue weighted by atomic mass is 10.2. The number of ether oxygens (including phenoxy) is 1. The predicted octanol–water partition coefficient (Wildman–Crippen LogP) is 5.21. The Kier molecular flexibility index (Phi) is 7.51. The van der Waals surface area contributed by atoms with E-state index in [1.807, 2.05) is 49.4 Å². The van der Waals surface area contributed by atoms with Crippen LogP contribution in [0.25, 0.3) is 0 Å². The standard InChI is InChI=1S/C24H24N2O3S/c1-17(30-16-18-8-4-3-5-9-18)23(27)25-20-14-12-19(13-15-20)24(28)26-21-10-6-7-11-22(21)29-2/h3-15,17H,16H2,1-2H3,(H,25,27)(H,26,28). The highest BCUT2D eigenvalue weighted by atomic mass is 32.2. The zero-order valence-electron chi connectivity index (χ0n) is 16.9. The van der Waals surface area contributed by atoms with Crippen LogP contribution >= 0.6 is 11.8 Å². The van der Waals surface area contributed by atoms with Gasteiger partial charge in [0.25, 0.3) is 5.91 Å². The molecule has 1 unspecified atom stereocenters. The first kappa shape index (κ1) is 21.5. The lowest BCUT2D eigenvalue weighted by Crippen LogP contribution is -2.22. The minimum atomic E-state index is -0.246. The maximum absolute atomic E-state index is 12.5. The number of hydrogen-bond donors (Lipinski definition) is 2. The molecule has 2 N–H and O–H groups in total. The van der Waals surface area contributed by atoms with Crippen molar-refractivity contribution >= 4 is 35.0 Å². The average molecular weight is 421 g/mol. The van der Waals surface area contributed by atoms with Gasteiger partial charge >= 0.3 is 0 Å². The number of para-hydroxylation sites is 2. The minimum Gasteiger partial charge on any atom is -0.495 e. The van der Waals surface area contributed by atoms with Gasteiger partial charge < -0.3 is 15.4 Å². The summed E-state index contributed by atoms with van der Waals surface area (Å²) in [4.78, 5) is 24.9. The monoisotopic (exact) mass is 420 g/mol. The molecule has 0 radical (unpaired) electrons. The van der Waals surface area contributed by atoms with E-state index in [0.29, 0.717) is 22.7 Å². The highest BCUT2D eigenvalue weighted by Crippen LogP contribution is 2.24. The minimum absolute atomic E-state index is 0.0674. The first-order chi connectivity index (χ1) is 14.6. The van der Waals surface area contributed by atoms with Crippen molar-refractivity contribution in [3.63, 3.8) is 0 Å². The van der Waals surface area contributed by atoms with Gasteiger partial charge in [-0.1, -0.05) is 42.5 Å². The van der Waals surface area contributed by atoms with Crippen molar-refractivity contribution in [1.29, 1.82) is 0 Å². The quantitative estimate of drug-likeness (QED) is 0.525. The number of anilines is 2. The molecule has 3 aromatic carbocycles. The summed E-state index contributed by atoms with van der Waals surface area (Å²) in [6, 6.07) is 24.1. The summed E-state index contributed by atoms with van der Waals surface area (Å²) in [6.45, 7) is 1.89. The maximum Gasteiger partial charge on any atom is 0.255 e. The van der Waals surface area contributed by atoms with E-state index in [2.05, 4.69) is 10.6 Å². The van der Waals surface area contributed by atoms with Crippen molar-refractivity contribution in [1.82, 2.24) is 0 Å². The molecule has 154 valence electrons. The van der Waals surface area contributed by atoms with Crippen molar-refractivity contribution in [2.45, 2.75) is 17.9 Å². The molecule has 0 aliphatic heterocycles. The topological polar surface area (TPSA) is 67.4 Å². The van der Waals surface area contributed by atoms with Crippen LogP contribution in [0, 0.1) is 0 Å². The molecule has 0 spiro atoms. The van der Waals surface area contributed by atoms with Gasteiger partial charge in [0.2, 0.25) is 5.91 Å². The fraction of sp³-hybridized carbons (Fsp3) is 0.167. The van der Waals surface area contributed by atoms with Gasteiger partial charge in [0.15, 0.2) is 0 Å². The van der Waals surface area contributed by atoms with Gasteiger partial charge in [-0.25, -0.2) is 0 Å². The second kappa shape index (κ2) is 10.5. The van der Waals surface area contributed by atoms with Crippen LogP contribution in [-0.2, 0) is 10.5 Å². The molecule has 5 nitrogen and oxygen atoms in total. The number of methoxy groups -OCH3 is 1. The predicted molar refractivity (Wildman–Crippen MR) is 123 cm³/mol. The number of nitrogens with one attached hydrogen (secondary N) is 2. The Labute approximate surface area is 180 Å². The number of carbonyl (C=O) groups is 2. The molecule has 3 rings (SSSR count). The highest BCUT2D eigenvalue weighted by Gasteiger charge is 2.14. The zero-order chi connectivity index (χ0) is 21.3. The Morgan fingerprint density at radius 2 is 1.57 bits per heavy atom. The van der Waals surface area contributed by atoms with Crippen LogP contribution in [0.3, 0.4) is 0 Å². The van der Waals surface area contributed by atoms with Crippen LogP contribution in [-0.4, -0.2) is 24.2 Å². The molecule has 3 aromatic rings. The fourth-order valence-corrected chi connectivity index (χ4v) is 3.61. The van der Waals surface area contributed by atoms with Gasteiger partial charge in [-0.05, 0) is 48.9 Å². The van der Waals surface area contributed by atoms with Gasteiger partial charge in [0.1, 0.15) is 5.75 Å². The normalized spacial score (nSPS) is 11.4. The van der Waals surface area contributed by atoms with Crippen LogP contribution in [0.4, 0.5) is 11.4 Å². The number of benzene rings is 3. The summed E-state index contributed by atoms with van der Waals surface area (Å²) < 4.78 is 5.25. The number of carbonyl (C=O) groups excluding carboxylic acids is 2. The SMILES string of the molecule is COc1ccccc1NC(=O)c1ccc(NC(=O)C(C)SCc2ccccc2)cc1. The molecule has 6 heteroatoms. The smallest absolute Gasteiger partial charge is 0.255 e.